The standard InChI is InChI=1S/C17H26O7/c18-6-7-20-8-9-21-10-11-22-12-13-23-15-17(19)24-14-16-4-2-1-3-5-16/h1-5,18H,6-15H2. The number of benzene rings is 1. The van der Waals surface area contributed by atoms with Crippen LogP contribution in [0.3, 0.4) is 0 Å². The van der Waals surface area contributed by atoms with E-state index in [-0.39, 0.29) is 19.8 Å². The number of hydrogen-bond acceptors (Lipinski definition) is 7. The molecule has 24 heavy (non-hydrogen) atoms. The van der Waals surface area contributed by atoms with Crippen LogP contribution in [0.2, 0.25) is 0 Å². The van der Waals surface area contributed by atoms with Crippen LogP contribution in [0.5, 0.6) is 0 Å². The molecule has 0 unspecified atom stereocenters. The predicted molar refractivity (Wildman–Crippen MR) is 86.6 cm³/mol. The number of carbonyl (C=O) groups is 1. The molecule has 7 nitrogen and oxygen atoms in total. The molecule has 1 N–H and O–H groups in total. The molecule has 0 aromatic heterocycles. The zero-order valence-corrected chi connectivity index (χ0v) is 13.9. The van der Waals surface area contributed by atoms with E-state index in [9.17, 15) is 4.79 Å². The van der Waals surface area contributed by atoms with E-state index in [1.807, 2.05) is 30.3 Å². The van der Waals surface area contributed by atoms with Gasteiger partial charge in [0.15, 0.2) is 0 Å². The molecule has 7 heteroatoms. The van der Waals surface area contributed by atoms with Crippen molar-refractivity contribution in [3.63, 3.8) is 0 Å². The van der Waals surface area contributed by atoms with Gasteiger partial charge in [0.1, 0.15) is 13.2 Å². The lowest BCUT2D eigenvalue weighted by Gasteiger charge is -2.07. The third kappa shape index (κ3) is 12.0. The summed E-state index contributed by atoms with van der Waals surface area (Å²) in [6.45, 7) is 3.03. The van der Waals surface area contributed by atoms with E-state index >= 15 is 0 Å². The maximum Gasteiger partial charge on any atom is 0.332 e. The van der Waals surface area contributed by atoms with Crippen LogP contribution in [0.1, 0.15) is 5.56 Å². The minimum atomic E-state index is -0.398. The van der Waals surface area contributed by atoms with E-state index in [0.717, 1.165) is 5.56 Å². The van der Waals surface area contributed by atoms with Crippen molar-refractivity contribution in [3.05, 3.63) is 35.9 Å². The van der Waals surface area contributed by atoms with Crippen LogP contribution in [0.25, 0.3) is 0 Å². The number of aliphatic hydroxyl groups excluding tert-OH is 1. The van der Waals surface area contributed by atoms with Gasteiger partial charge in [-0.25, -0.2) is 4.79 Å². The number of esters is 1. The molecule has 1 aromatic rings. The summed E-state index contributed by atoms with van der Waals surface area (Å²) >= 11 is 0. The Bertz CT molecular complexity index is 411. The van der Waals surface area contributed by atoms with E-state index < -0.39 is 5.97 Å². The normalized spacial score (nSPS) is 10.7. The van der Waals surface area contributed by atoms with Crippen molar-refractivity contribution < 1.29 is 33.6 Å². The summed E-state index contributed by atoms with van der Waals surface area (Å²) in [5.41, 5.74) is 0.941. The molecule has 0 radical (unpaired) electrons. The molecular weight excluding hydrogens is 316 g/mol. The highest BCUT2D eigenvalue weighted by Crippen LogP contribution is 2.00. The van der Waals surface area contributed by atoms with Gasteiger partial charge >= 0.3 is 5.97 Å². The summed E-state index contributed by atoms with van der Waals surface area (Å²) in [7, 11) is 0. The molecule has 0 aliphatic rings. The topological polar surface area (TPSA) is 83.5 Å². The Morgan fingerprint density at radius 3 is 1.92 bits per heavy atom. The minimum Gasteiger partial charge on any atom is -0.459 e. The number of carbonyl (C=O) groups excluding carboxylic acids is 1. The van der Waals surface area contributed by atoms with E-state index in [1.54, 1.807) is 0 Å². The van der Waals surface area contributed by atoms with E-state index in [2.05, 4.69) is 0 Å². The quantitative estimate of drug-likeness (QED) is 0.373. The van der Waals surface area contributed by atoms with Crippen LogP contribution in [-0.4, -0.2) is 70.5 Å². The van der Waals surface area contributed by atoms with Gasteiger partial charge < -0.3 is 28.8 Å². The Morgan fingerprint density at radius 1 is 0.792 bits per heavy atom. The van der Waals surface area contributed by atoms with Crippen LogP contribution < -0.4 is 0 Å². The van der Waals surface area contributed by atoms with Gasteiger partial charge in [-0.2, -0.15) is 0 Å². The Hall–Kier alpha value is -1.51. The fourth-order valence-corrected chi connectivity index (χ4v) is 1.66. The van der Waals surface area contributed by atoms with Gasteiger partial charge in [0, 0.05) is 0 Å². The molecule has 0 spiro atoms. The Kier molecular flexibility index (Phi) is 12.9. The van der Waals surface area contributed by atoms with Crippen LogP contribution in [0.15, 0.2) is 30.3 Å². The third-order valence-electron chi connectivity index (χ3n) is 2.81. The van der Waals surface area contributed by atoms with Crippen LogP contribution in [0.4, 0.5) is 0 Å². The average molecular weight is 342 g/mol. The predicted octanol–water partition coefficient (Wildman–Crippen LogP) is 0.789. The van der Waals surface area contributed by atoms with Crippen LogP contribution in [0, 0.1) is 0 Å². The van der Waals surface area contributed by atoms with E-state index in [1.165, 1.54) is 0 Å². The van der Waals surface area contributed by atoms with Crippen molar-refractivity contribution in [2.75, 3.05) is 59.5 Å². The molecule has 0 aliphatic heterocycles. The van der Waals surface area contributed by atoms with Gasteiger partial charge in [-0.15, -0.1) is 0 Å². The molecule has 1 rings (SSSR count). The lowest BCUT2D eigenvalue weighted by atomic mass is 10.2. The van der Waals surface area contributed by atoms with Crippen LogP contribution in [-0.2, 0) is 35.1 Å². The SMILES string of the molecule is O=C(COCCOCCOCCOCCO)OCc1ccccc1. The highest BCUT2D eigenvalue weighted by atomic mass is 16.6. The zero-order valence-electron chi connectivity index (χ0n) is 13.9. The summed E-state index contributed by atoms with van der Waals surface area (Å²) in [6.07, 6.45) is 0. The second-order valence-electron chi connectivity index (χ2n) is 4.76. The van der Waals surface area contributed by atoms with E-state index in [0.29, 0.717) is 46.2 Å². The minimum absolute atomic E-state index is 0.0168. The number of ether oxygens (including phenoxy) is 5. The molecule has 0 bridgehead atoms. The van der Waals surface area contributed by atoms with Crippen molar-refractivity contribution in [1.29, 1.82) is 0 Å². The largest absolute Gasteiger partial charge is 0.459 e. The third-order valence-corrected chi connectivity index (χ3v) is 2.81. The number of hydrogen-bond donors (Lipinski definition) is 1. The van der Waals surface area contributed by atoms with Crippen molar-refractivity contribution in [1.82, 2.24) is 0 Å². The average Bonchev–Trinajstić information content (AvgIpc) is 2.62. The number of rotatable bonds is 15. The van der Waals surface area contributed by atoms with Gasteiger partial charge in [-0.05, 0) is 5.56 Å². The molecule has 0 saturated heterocycles. The molecule has 0 atom stereocenters. The van der Waals surface area contributed by atoms with Gasteiger partial charge in [-0.1, -0.05) is 30.3 Å². The molecule has 0 amide bonds. The molecule has 0 fully saturated rings. The monoisotopic (exact) mass is 342 g/mol. The summed E-state index contributed by atoms with van der Waals surface area (Å²) in [4.78, 5) is 11.5. The molecule has 0 heterocycles. The van der Waals surface area contributed by atoms with Gasteiger partial charge in [0.2, 0.25) is 0 Å². The lowest BCUT2D eigenvalue weighted by molar-refractivity contribution is -0.150. The highest BCUT2D eigenvalue weighted by Gasteiger charge is 2.03. The van der Waals surface area contributed by atoms with Gasteiger partial charge in [0.05, 0.1) is 52.9 Å². The molecule has 0 saturated carbocycles. The van der Waals surface area contributed by atoms with Crippen molar-refractivity contribution >= 4 is 5.97 Å². The molecule has 1 aromatic carbocycles. The van der Waals surface area contributed by atoms with Crippen LogP contribution >= 0.6 is 0 Å². The molecular formula is C17H26O7. The first-order chi connectivity index (χ1) is 11.8. The Morgan fingerprint density at radius 2 is 1.33 bits per heavy atom. The van der Waals surface area contributed by atoms with Crippen molar-refractivity contribution in [3.8, 4) is 0 Å². The first kappa shape index (κ1) is 20.5. The fraction of sp³-hybridized carbons (Fsp3) is 0.588. The van der Waals surface area contributed by atoms with Gasteiger partial charge in [-0.3, -0.25) is 0 Å². The maximum atomic E-state index is 11.5. The zero-order chi connectivity index (χ0) is 17.3. The van der Waals surface area contributed by atoms with Gasteiger partial charge in [0.25, 0.3) is 0 Å². The first-order valence-electron chi connectivity index (χ1n) is 7.94. The summed E-state index contributed by atoms with van der Waals surface area (Å²) in [6, 6.07) is 9.47. The maximum absolute atomic E-state index is 11.5. The number of aliphatic hydroxyl groups is 1. The van der Waals surface area contributed by atoms with Crippen molar-refractivity contribution in [2.24, 2.45) is 0 Å². The van der Waals surface area contributed by atoms with Crippen molar-refractivity contribution in [2.45, 2.75) is 6.61 Å². The molecule has 0 aliphatic carbocycles. The second-order valence-corrected chi connectivity index (χ2v) is 4.76. The smallest absolute Gasteiger partial charge is 0.332 e. The summed E-state index contributed by atoms with van der Waals surface area (Å²) in [5, 5.41) is 8.50. The first-order valence-corrected chi connectivity index (χ1v) is 7.94. The Balaban J connectivity index is 1.82. The highest BCUT2D eigenvalue weighted by molar-refractivity contribution is 5.70. The second kappa shape index (κ2) is 15.0. The Labute approximate surface area is 142 Å². The molecule has 136 valence electrons. The summed E-state index contributed by atoms with van der Waals surface area (Å²) < 4.78 is 25.8. The van der Waals surface area contributed by atoms with E-state index in [4.69, 9.17) is 28.8 Å². The fourth-order valence-electron chi connectivity index (χ4n) is 1.66. The summed E-state index contributed by atoms with van der Waals surface area (Å²) in [5.74, 6) is -0.398. The lowest BCUT2D eigenvalue weighted by Crippen LogP contribution is -2.16.